The van der Waals surface area contributed by atoms with Gasteiger partial charge in [0, 0.05) is 10.0 Å². The van der Waals surface area contributed by atoms with Gasteiger partial charge in [0.1, 0.15) is 0 Å². The molecule has 0 aliphatic carbocycles. The van der Waals surface area contributed by atoms with Crippen LogP contribution < -0.4 is 0 Å². The largest absolute Gasteiger partial charge is 0.198 e. The normalized spacial score (nSPS) is 10.5. The smallest absolute Gasteiger partial charge is 0.0828 e. The van der Waals surface area contributed by atoms with Gasteiger partial charge < -0.3 is 0 Å². The fraction of sp³-hybridized carbons (Fsp3) is 0.200. The molecule has 1 aromatic heterocycles. The van der Waals surface area contributed by atoms with Crippen molar-refractivity contribution in [3.63, 3.8) is 0 Å². The summed E-state index contributed by atoms with van der Waals surface area (Å²) < 4.78 is 0. The van der Waals surface area contributed by atoms with Crippen LogP contribution in [-0.2, 0) is 12.8 Å². The molecule has 0 fully saturated rings. The summed E-state index contributed by atoms with van der Waals surface area (Å²) >= 11 is 11.9. The number of rotatable bonds is 3. The monoisotopic (exact) mass is 241 g/mol. The van der Waals surface area contributed by atoms with Gasteiger partial charge in [0.2, 0.25) is 0 Å². The molecule has 0 atom stereocenters. The molecule has 0 radical (unpaired) electrons. The number of halogens is 2. The van der Waals surface area contributed by atoms with Crippen molar-refractivity contribution in [1.82, 2.24) is 15.4 Å². The second kappa shape index (κ2) is 4.64. The number of aromatic nitrogens is 3. The van der Waals surface area contributed by atoms with E-state index >= 15 is 0 Å². The third kappa shape index (κ3) is 2.70. The molecule has 0 aliphatic rings. The Hall–Kier alpha value is -1.06. The summed E-state index contributed by atoms with van der Waals surface area (Å²) in [4.78, 5) is 0. The van der Waals surface area contributed by atoms with E-state index in [1.807, 2.05) is 12.1 Å². The molecule has 1 aromatic carbocycles. The van der Waals surface area contributed by atoms with Crippen LogP contribution in [0, 0.1) is 0 Å². The molecule has 0 saturated carbocycles. The van der Waals surface area contributed by atoms with E-state index in [0.717, 1.165) is 29.1 Å². The van der Waals surface area contributed by atoms with Gasteiger partial charge in [0.15, 0.2) is 0 Å². The Morgan fingerprint density at radius 1 is 1.20 bits per heavy atom. The van der Waals surface area contributed by atoms with E-state index < -0.39 is 0 Å². The third-order valence-electron chi connectivity index (χ3n) is 2.12. The van der Waals surface area contributed by atoms with Crippen LogP contribution in [0.5, 0.6) is 0 Å². The zero-order valence-corrected chi connectivity index (χ0v) is 9.39. The first-order valence-electron chi connectivity index (χ1n) is 4.54. The van der Waals surface area contributed by atoms with Gasteiger partial charge in [-0.1, -0.05) is 23.2 Å². The van der Waals surface area contributed by atoms with Crippen LogP contribution in [0.25, 0.3) is 0 Å². The quantitative estimate of drug-likeness (QED) is 0.898. The van der Waals surface area contributed by atoms with Crippen molar-refractivity contribution in [2.75, 3.05) is 0 Å². The van der Waals surface area contributed by atoms with E-state index in [9.17, 15) is 0 Å². The maximum Gasteiger partial charge on any atom is 0.0828 e. The highest BCUT2D eigenvalue weighted by Crippen LogP contribution is 2.21. The highest BCUT2D eigenvalue weighted by Gasteiger charge is 2.03. The van der Waals surface area contributed by atoms with Crippen molar-refractivity contribution >= 4 is 23.2 Å². The second-order valence-electron chi connectivity index (χ2n) is 3.20. The highest BCUT2D eigenvalue weighted by molar-refractivity contribution is 6.33. The molecule has 15 heavy (non-hydrogen) atoms. The Morgan fingerprint density at radius 3 is 2.80 bits per heavy atom. The SMILES string of the molecule is Clc1ccc(Cl)c(CCc2cn[nH]n2)c1. The maximum atomic E-state index is 6.03. The van der Waals surface area contributed by atoms with E-state index in [-0.39, 0.29) is 0 Å². The van der Waals surface area contributed by atoms with Gasteiger partial charge >= 0.3 is 0 Å². The molecule has 2 rings (SSSR count). The van der Waals surface area contributed by atoms with Crippen LogP contribution in [0.3, 0.4) is 0 Å². The van der Waals surface area contributed by atoms with E-state index in [4.69, 9.17) is 23.2 Å². The summed E-state index contributed by atoms with van der Waals surface area (Å²) in [7, 11) is 0. The van der Waals surface area contributed by atoms with Gasteiger partial charge in [-0.25, -0.2) is 0 Å². The first-order valence-corrected chi connectivity index (χ1v) is 5.30. The van der Waals surface area contributed by atoms with Crippen LogP contribution in [0.4, 0.5) is 0 Å². The van der Waals surface area contributed by atoms with Crippen molar-refractivity contribution in [2.45, 2.75) is 12.8 Å². The lowest BCUT2D eigenvalue weighted by molar-refractivity contribution is 0.871. The molecular formula is C10H9Cl2N3. The number of benzene rings is 1. The standard InChI is InChI=1S/C10H9Cl2N3/c11-8-2-4-10(12)7(5-8)1-3-9-6-13-15-14-9/h2,4-6H,1,3H2,(H,13,14,15). The van der Waals surface area contributed by atoms with E-state index in [1.165, 1.54) is 0 Å². The van der Waals surface area contributed by atoms with Gasteiger partial charge in [-0.15, -0.1) is 0 Å². The maximum absolute atomic E-state index is 6.03. The number of nitrogens with zero attached hydrogens (tertiary/aromatic N) is 2. The molecule has 0 unspecified atom stereocenters. The molecule has 78 valence electrons. The molecule has 0 bridgehead atoms. The molecule has 0 amide bonds. The summed E-state index contributed by atoms with van der Waals surface area (Å²) in [6.45, 7) is 0. The Morgan fingerprint density at radius 2 is 2.07 bits per heavy atom. The van der Waals surface area contributed by atoms with E-state index in [1.54, 1.807) is 12.3 Å². The summed E-state index contributed by atoms with van der Waals surface area (Å²) in [5.74, 6) is 0. The zero-order chi connectivity index (χ0) is 10.7. The highest BCUT2D eigenvalue weighted by atomic mass is 35.5. The lowest BCUT2D eigenvalue weighted by Crippen LogP contribution is -1.92. The van der Waals surface area contributed by atoms with Crippen molar-refractivity contribution in [2.24, 2.45) is 0 Å². The van der Waals surface area contributed by atoms with Crippen LogP contribution in [0.1, 0.15) is 11.3 Å². The van der Waals surface area contributed by atoms with Crippen molar-refractivity contribution < 1.29 is 0 Å². The number of nitrogens with one attached hydrogen (secondary N) is 1. The summed E-state index contributed by atoms with van der Waals surface area (Å²) in [5.41, 5.74) is 1.96. The van der Waals surface area contributed by atoms with E-state index in [0.29, 0.717) is 5.02 Å². The number of aryl methyl sites for hydroxylation is 2. The van der Waals surface area contributed by atoms with Crippen molar-refractivity contribution in [3.8, 4) is 0 Å². The molecule has 0 aliphatic heterocycles. The van der Waals surface area contributed by atoms with Crippen LogP contribution in [0.2, 0.25) is 10.0 Å². The van der Waals surface area contributed by atoms with Gasteiger partial charge in [-0.05, 0) is 36.6 Å². The lowest BCUT2D eigenvalue weighted by atomic mass is 10.1. The molecule has 5 heteroatoms. The van der Waals surface area contributed by atoms with Crippen LogP contribution in [0.15, 0.2) is 24.4 Å². The Balaban J connectivity index is 2.07. The zero-order valence-electron chi connectivity index (χ0n) is 7.87. The van der Waals surface area contributed by atoms with Crippen molar-refractivity contribution in [3.05, 3.63) is 45.7 Å². The predicted octanol–water partition coefficient (Wildman–Crippen LogP) is 2.90. The molecule has 0 spiro atoms. The first-order chi connectivity index (χ1) is 7.25. The lowest BCUT2D eigenvalue weighted by Gasteiger charge is -2.02. The topological polar surface area (TPSA) is 41.6 Å². The minimum absolute atomic E-state index is 0.703. The Bertz CT molecular complexity index is 440. The van der Waals surface area contributed by atoms with E-state index in [2.05, 4.69) is 15.4 Å². The number of H-pyrrole nitrogens is 1. The van der Waals surface area contributed by atoms with Gasteiger partial charge in [-0.3, -0.25) is 0 Å². The summed E-state index contributed by atoms with van der Waals surface area (Å²) in [5, 5.41) is 11.7. The Kier molecular flexibility index (Phi) is 3.23. The molecule has 2 aromatic rings. The molecule has 3 nitrogen and oxygen atoms in total. The van der Waals surface area contributed by atoms with Crippen LogP contribution in [-0.4, -0.2) is 15.4 Å². The first kappa shape index (κ1) is 10.5. The number of hydrogen-bond acceptors (Lipinski definition) is 2. The fourth-order valence-electron chi connectivity index (χ4n) is 1.34. The molecule has 1 heterocycles. The number of aromatic amines is 1. The minimum Gasteiger partial charge on any atom is -0.198 e. The molecular weight excluding hydrogens is 233 g/mol. The molecule has 1 N–H and O–H groups in total. The van der Waals surface area contributed by atoms with Gasteiger partial charge in [0.05, 0.1) is 11.9 Å². The van der Waals surface area contributed by atoms with Gasteiger partial charge in [0.25, 0.3) is 0 Å². The number of hydrogen-bond donors (Lipinski definition) is 1. The average Bonchev–Trinajstić information content (AvgIpc) is 2.72. The summed E-state index contributed by atoms with van der Waals surface area (Å²) in [6.07, 6.45) is 3.32. The van der Waals surface area contributed by atoms with Crippen LogP contribution >= 0.6 is 23.2 Å². The summed E-state index contributed by atoms with van der Waals surface area (Å²) in [6, 6.07) is 5.47. The van der Waals surface area contributed by atoms with Crippen molar-refractivity contribution in [1.29, 1.82) is 0 Å². The van der Waals surface area contributed by atoms with Gasteiger partial charge in [-0.2, -0.15) is 15.4 Å². The predicted molar refractivity (Wildman–Crippen MR) is 60.3 cm³/mol. The second-order valence-corrected chi connectivity index (χ2v) is 4.04. The third-order valence-corrected chi connectivity index (χ3v) is 2.73. The fourth-order valence-corrected chi connectivity index (χ4v) is 1.75. The Labute approximate surface area is 97.4 Å². The average molecular weight is 242 g/mol. The minimum atomic E-state index is 0.703. The molecule has 0 saturated heterocycles.